The predicted molar refractivity (Wildman–Crippen MR) is 176 cm³/mol. The molecule has 8 atom stereocenters. The minimum atomic E-state index is -0.604. The van der Waals surface area contributed by atoms with Crippen LogP contribution >= 0.6 is 11.3 Å². The number of ketones is 1. The molecule has 5 aliphatic carbocycles. The highest BCUT2D eigenvalue weighted by atomic mass is 32.1. The minimum Gasteiger partial charge on any atom is -0.469 e. The third-order valence-electron chi connectivity index (χ3n) is 14.5. The van der Waals surface area contributed by atoms with E-state index in [1.165, 1.54) is 10.5 Å². The topological polar surface area (TPSA) is 72.5 Å². The van der Waals surface area contributed by atoms with Crippen LogP contribution in [0.3, 0.4) is 0 Å². The minimum absolute atomic E-state index is 0.00984. The van der Waals surface area contributed by atoms with E-state index >= 15 is 0 Å². The van der Waals surface area contributed by atoms with Crippen molar-refractivity contribution in [3.8, 4) is 0 Å². The van der Waals surface area contributed by atoms with Crippen molar-refractivity contribution in [1.29, 1.82) is 0 Å². The highest BCUT2D eigenvalue weighted by Crippen LogP contribution is 2.75. The maximum Gasteiger partial charge on any atom is 0.312 e. The van der Waals surface area contributed by atoms with Crippen molar-refractivity contribution in [2.45, 2.75) is 113 Å². The highest BCUT2D eigenvalue weighted by Gasteiger charge is 2.70. The molecule has 242 valence electrons. The quantitative estimate of drug-likeness (QED) is 0.205. The maximum absolute atomic E-state index is 14.0. The average molecular weight is 622 g/mol. The highest BCUT2D eigenvalue weighted by molar-refractivity contribution is 7.09. The van der Waals surface area contributed by atoms with Crippen LogP contribution in [0.2, 0.25) is 0 Å². The van der Waals surface area contributed by atoms with E-state index in [4.69, 9.17) is 4.74 Å². The van der Waals surface area contributed by atoms with Gasteiger partial charge < -0.3 is 10.1 Å². The number of carbonyl (C=O) groups excluding carboxylic acids is 3. The lowest BCUT2D eigenvalue weighted by Gasteiger charge is -2.71. The second-order valence-electron chi connectivity index (χ2n) is 17.3. The Morgan fingerprint density at radius 3 is 2.39 bits per heavy atom. The number of rotatable bonds is 5. The first-order chi connectivity index (χ1) is 20.6. The van der Waals surface area contributed by atoms with Gasteiger partial charge in [-0.2, -0.15) is 0 Å². The van der Waals surface area contributed by atoms with Crippen molar-refractivity contribution in [3.63, 3.8) is 0 Å². The number of allylic oxidation sites excluding steroid dienone is 2. The molecule has 0 saturated heterocycles. The number of fused-ring (bicyclic) bond motifs is 7. The SMILES string of the molecule is COC(=O)[C@]12CCC(C)(C)CC1C1=CCC3[C@@]4(C)CC(C(=O)NCCc5cccs5)C(=O)C(C)(C)C4CC[C@@]3(C)[C@]1(C)CC2. The molecule has 6 heteroatoms. The van der Waals surface area contributed by atoms with Crippen LogP contribution in [0.25, 0.3) is 0 Å². The van der Waals surface area contributed by atoms with Crippen LogP contribution in [-0.4, -0.2) is 31.3 Å². The smallest absolute Gasteiger partial charge is 0.312 e. The Kier molecular flexibility index (Phi) is 7.67. The van der Waals surface area contributed by atoms with Crippen molar-refractivity contribution in [2.24, 2.45) is 56.2 Å². The molecule has 0 spiro atoms. The summed E-state index contributed by atoms with van der Waals surface area (Å²) in [7, 11) is 1.57. The lowest BCUT2D eigenvalue weighted by molar-refractivity contribution is -0.196. The molecule has 4 saturated carbocycles. The van der Waals surface area contributed by atoms with Crippen LogP contribution in [0.15, 0.2) is 29.2 Å². The molecule has 44 heavy (non-hydrogen) atoms. The molecule has 0 aliphatic heterocycles. The van der Waals surface area contributed by atoms with E-state index in [-0.39, 0.29) is 51.2 Å². The summed E-state index contributed by atoms with van der Waals surface area (Å²) in [5.74, 6) is 0.262. The van der Waals surface area contributed by atoms with E-state index in [0.717, 1.165) is 57.8 Å². The van der Waals surface area contributed by atoms with Gasteiger partial charge in [-0.3, -0.25) is 14.4 Å². The Morgan fingerprint density at radius 2 is 1.70 bits per heavy atom. The molecule has 1 aromatic rings. The monoisotopic (exact) mass is 621 g/mol. The summed E-state index contributed by atoms with van der Waals surface area (Å²) in [4.78, 5) is 42.6. The van der Waals surface area contributed by atoms with Crippen molar-refractivity contribution in [3.05, 3.63) is 34.0 Å². The molecule has 5 aliphatic rings. The number of methoxy groups -OCH3 is 1. The molecule has 0 bridgehead atoms. The predicted octanol–water partition coefficient (Wildman–Crippen LogP) is 8.18. The van der Waals surface area contributed by atoms with Gasteiger partial charge in [0.2, 0.25) is 5.91 Å². The Hall–Kier alpha value is -1.95. The molecule has 6 rings (SSSR count). The van der Waals surface area contributed by atoms with Crippen LogP contribution in [0, 0.1) is 56.2 Å². The number of ether oxygens (including phenoxy) is 1. The fourth-order valence-electron chi connectivity index (χ4n) is 11.9. The van der Waals surface area contributed by atoms with Crippen LogP contribution in [0.1, 0.15) is 111 Å². The van der Waals surface area contributed by atoms with E-state index < -0.39 is 16.7 Å². The van der Waals surface area contributed by atoms with Crippen molar-refractivity contribution >= 4 is 29.0 Å². The molecule has 4 fully saturated rings. The number of hydrogen-bond donors (Lipinski definition) is 1. The number of amides is 1. The van der Waals surface area contributed by atoms with Crippen molar-refractivity contribution in [2.75, 3.05) is 13.7 Å². The van der Waals surface area contributed by atoms with Gasteiger partial charge in [0.25, 0.3) is 0 Å². The maximum atomic E-state index is 14.0. The molecule has 5 nitrogen and oxygen atoms in total. The summed E-state index contributed by atoms with van der Waals surface area (Å²) in [5, 5.41) is 5.22. The van der Waals surface area contributed by atoms with Crippen LogP contribution in [0.5, 0.6) is 0 Å². The van der Waals surface area contributed by atoms with Gasteiger partial charge in [0.05, 0.1) is 18.4 Å². The summed E-state index contributed by atoms with van der Waals surface area (Å²) >= 11 is 1.71. The van der Waals surface area contributed by atoms with E-state index in [1.54, 1.807) is 18.4 Å². The van der Waals surface area contributed by atoms with Gasteiger partial charge in [-0.1, -0.05) is 66.2 Å². The molecule has 0 radical (unpaired) electrons. The normalized spacial score (nSPS) is 42.1. The number of Topliss-reactive ketones (excluding diaryl/α,β-unsaturated/α-hetero) is 1. The Labute approximate surface area is 269 Å². The zero-order valence-electron chi connectivity index (χ0n) is 28.4. The molecule has 0 aromatic carbocycles. The second-order valence-corrected chi connectivity index (χ2v) is 18.4. The zero-order chi connectivity index (χ0) is 31.9. The first kappa shape index (κ1) is 32.0. The molecule has 1 aromatic heterocycles. The number of carbonyl (C=O) groups is 3. The van der Waals surface area contributed by atoms with Gasteiger partial charge in [-0.05, 0) is 115 Å². The molecule has 1 amide bonds. The lowest BCUT2D eigenvalue weighted by Crippen LogP contribution is -2.66. The Balaban J connectivity index is 1.34. The third kappa shape index (κ3) is 4.46. The summed E-state index contributed by atoms with van der Waals surface area (Å²) in [6, 6.07) is 4.14. The fourth-order valence-corrected chi connectivity index (χ4v) is 12.6. The second kappa shape index (κ2) is 10.5. The van der Waals surface area contributed by atoms with Gasteiger partial charge in [0.15, 0.2) is 5.78 Å². The Bertz CT molecular complexity index is 1360. The fraction of sp³-hybridized carbons (Fsp3) is 0.763. The zero-order valence-corrected chi connectivity index (χ0v) is 29.3. The van der Waals surface area contributed by atoms with Gasteiger partial charge in [0, 0.05) is 16.8 Å². The van der Waals surface area contributed by atoms with Gasteiger partial charge >= 0.3 is 5.97 Å². The van der Waals surface area contributed by atoms with E-state index in [2.05, 4.69) is 71.3 Å². The van der Waals surface area contributed by atoms with Crippen LogP contribution < -0.4 is 5.32 Å². The number of esters is 1. The van der Waals surface area contributed by atoms with Crippen LogP contribution in [-0.2, 0) is 25.5 Å². The van der Waals surface area contributed by atoms with E-state index in [9.17, 15) is 14.4 Å². The third-order valence-corrected chi connectivity index (χ3v) is 15.5. The van der Waals surface area contributed by atoms with Gasteiger partial charge in [0.1, 0.15) is 0 Å². The first-order valence-electron chi connectivity index (χ1n) is 17.2. The number of nitrogens with one attached hydrogen (secondary N) is 1. The average Bonchev–Trinajstić information content (AvgIpc) is 3.48. The summed E-state index contributed by atoms with van der Waals surface area (Å²) in [5.41, 5.74) is 0.623. The molecule has 1 N–H and O–H groups in total. The van der Waals surface area contributed by atoms with Crippen molar-refractivity contribution < 1.29 is 19.1 Å². The molecule has 1 heterocycles. The van der Waals surface area contributed by atoms with Crippen molar-refractivity contribution in [1.82, 2.24) is 5.32 Å². The molecular weight excluding hydrogens is 566 g/mol. The molecule has 4 unspecified atom stereocenters. The Morgan fingerprint density at radius 1 is 0.977 bits per heavy atom. The summed E-state index contributed by atoms with van der Waals surface area (Å²) in [6.07, 6.45) is 11.9. The van der Waals surface area contributed by atoms with E-state index in [0.29, 0.717) is 18.9 Å². The lowest BCUT2D eigenvalue weighted by atomic mass is 9.33. The summed E-state index contributed by atoms with van der Waals surface area (Å²) < 4.78 is 5.53. The van der Waals surface area contributed by atoms with E-state index in [1.807, 2.05) is 6.07 Å². The van der Waals surface area contributed by atoms with Gasteiger partial charge in [-0.25, -0.2) is 0 Å². The standard InChI is InChI=1S/C38H55NO4S/c1-33(2)16-18-38(32(42)43-8)19-17-36(6)26(27(38)23-33)11-12-29-35(5)22-25(31(41)39-20-14-24-10-9-21-44-24)30(40)34(3,4)28(35)13-15-37(29,36)7/h9-11,21,25,27-29H,12-20,22-23H2,1-8H3,(H,39,41)/t25?,27?,28?,29?,35-,36+,37+,38-/m0/s1. The summed E-state index contributed by atoms with van der Waals surface area (Å²) in [6.45, 7) is 17.0. The number of hydrogen-bond acceptors (Lipinski definition) is 5. The number of thiophene rings is 1. The first-order valence-corrected chi connectivity index (χ1v) is 18.1. The molecular formula is C38H55NO4S. The van der Waals surface area contributed by atoms with Crippen LogP contribution in [0.4, 0.5) is 0 Å². The van der Waals surface area contributed by atoms with Gasteiger partial charge in [-0.15, -0.1) is 11.3 Å². The largest absolute Gasteiger partial charge is 0.469 e.